The molecule has 10 nitrogen and oxygen atoms in total. The number of amides is 1. The van der Waals surface area contributed by atoms with Gasteiger partial charge in [-0.2, -0.15) is 4.99 Å². The minimum Gasteiger partial charge on any atom is -0.407 e. The van der Waals surface area contributed by atoms with Crippen molar-refractivity contribution in [3.63, 3.8) is 0 Å². The molecule has 3 aromatic rings. The topological polar surface area (TPSA) is 138 Å². The lowest BCUT2D eigenvalue weighted by Gasteiger charge is -2.34. The first-order valence-electron chi connectivity index (χ1n) is 13.0. The van der Waals surface area contributed by atoms with Crippen LogP contribution in [0.2, 0.25) is 0 Å². The lowest BCUT2D eigenvalue weighted by Crippen LogP contribution is -2.43. The molecule has 4 N–H and O–H groups in total. The molecule has 3 aliphatic rings. The van der Waals surface area contributed by atoms with Gasteiger partial charge < -0.3 is 25.4 Å². The number of hydrogen-bond donors (Lipinski definition) is 3. The van der Waals surface area contributed by atoms with Crippen molar-refractivity contribution in [2.24, 2.45) is 15.7 Å². The van der Waals surface area contributed by atoms with Gasteiger partial charge in [0.05, 0.1) is 29.2 Å². The van der Waals surface area contributed by atoms with Crippen LogP contribution in [-0.4, -0.2) is 60.0 Å². The molecule has 2 fully saturated rings. The van der Waals surface area contributed by atoms with Crippen molar-refractivity contribution < 1.29 is 14.3 Å². The third kappa shape index (κ3) is 5.10. The monoisotopic (exact) mass is 523 g/mol. The summed E-state index contributed by atoms with van der Waals surface area (Å²) in [5, 5.41) is 11.6. The zero-order chi connectivity index (χ0) is 26.9. The molecule has 39 heavy (non-hydrogen) atoms. The maximum atomic E-state index is 13.1. The standard InChI is InChI=1S/C29H29N7O3/c1-17-11-14-22(27(32-17)36-15-19-12-13-20(16-36)38-19)25(30)39-29(31)35-26-28(37)33-23-10-6-5-9-21(23)24(34-26)18-7-3-2-4-8-18/h2-11,14,19-20,26,30H,12-13,15-16H2,1H3,(H2,31,35)(H,33,37)/t19?,20?,26-/m1/s1. The number of morpholine rings is 1. The molecule has 1 aromatic heterocycles. The molecule has 2 unspecified atom stereocenters. The summed E-state index contributed by atoms with van der Waals surface area (Å²) >= 11 is 0. The summed E-state index contributed by atoms with van der Waals surface area (Å²) in [6.07, 6.45) is 1.17. The number of hydrogen-bond acceptors (Lipinski definition) is 8. The Bertz CT molecular complexity index is 1480. The molecule has 198 valence electrons. The molecule has 1 amide bonds. The van der Waals surface area contributed by atoms with Crippen LogP contribution in [0.5, 0.6) is 0 Å². The number of carbonyl (C=O) groups is 1. The predicted octanol–water partition coefficient (Wildman–Crippen LogP) is 3.23. The van der Waals surface area contributed by atoms with Crippen molar-refractivity contribution in [3.8, 4) is 0 Å². The summed E-state index contributed by atoms with van der Waals surface area (Å²) in [6, 6.07) is 20.3. The summed E-state index contributed by atoms with van der Waals surface area (Å²) in [4.78, 5) is 28.9. The number of fused-ring (bicyclic) bond motifs is 3. The molecule has 10 heteroatoms. The van der Waals surface area contributed by atoms with E-state index < -0.39 is 12.1 Å². The fraction of sp³-hybridized carbons (Fsp3) is 0.276. The van der Waals surface area contributed by atoms with Crippen molar-refractivity contribution in [2.75, 3.05) is 23.3 Å². The number of rotatable bonds is 4. The molecule has 2 saturated heterocycles. The van der Waals surface area contributed by atoms with Crippen LogP contribution in [0.25, 0.3) is 0 Å². The van der Waals surface area contributed by atoms with E-state index in [-0.39, 0.29) is 24.1 Å². The Labute approximate surface area is 226 Å². The molecule has 6 rings (SSSR count). The second-order valence-corrected chi connectivity index (χ2v) is 9.84. The highest BCUT2D eigenvalue weighted by Gasteiger charge is 2.35. The van der Waals surface area contributed by atoms with Crippen LogP contribution in [0, 0.1) is 12.3 Å². The number of aromatic nitrogens is 1. The molecule has 3 atom stereocenters. The number of nitrogens with zero attached hydrogens (tertiary/aromatic N) is 4. The summed E-state index contributed by atoms with van der Waals surface area (Å²) < 4.78 is 11.6. The zero-order valence-corrected chi connectivity index (χ0v) is 21.5. The number of amidine groups is 1. The number of nitrogens with one attached hydrogen (secondary N) is 2. The number of benzodiazepines with no additional fused rings is 1. The number of anilines is 2. The van der Waals surface area contributed by atoms with Gasteiger partial charge in [0, 0.05) is 29.9 Å². The second-order valence-electron chi connectivity index (χ2n) is 9.84. The van der Waals surface area contributed by atoms with Gasteiger partial charge in [0.1, 0.15) is 5.82 Å². The van der Waals surface area contributed by atoms with E-state index in [0.717, 1.165) is 29.7 Å². The van der Waals surface area contributed by atoms with E-state index in [1.165, 1.54) is 0 Å². The van der Waals surface area contributed by atoms with E-state index in [0.29, 0.717) is 35.9 Å². The number of benzene rings is 2. The Morgan fingerprint density at radius 2 is 1.79 bits per heavy atom. The summed E-state index contributed by atoms with van der Waals surface area (Å²) in [5.74, 6) is -0.00448. The average Bonchev–Trinajstić information content (AvgIpc) is 3.21. The largest absolute Gasteiger partial charge is 0.407 e. The lowest BCUT2D eigenvalue weighted by molar-refractivity contribution is -0.117. The molecule has 0 saturated carbocycles. The summed E-state index contributed by atoms with van der Waals surface area (Å²) in [6.45, 7) is 3.32. The molecule has 0 aliphatic carbocycles. The first-order chi connectivity index (χ1) is 18.9. The highest BCUT2D eigenvalue weighted by atomic mass is 16.5. The third-order valence-corrected chi connectivity index (χ3v) is 7.03. The number of aliphatic imine (C=N–C) groups is 2. The van der Waals surface area contributed by atoms with Gasteiger partial charge in [-0.05, 0) is 38.0 Å². The minimum absolute atomic E-state index is 0.162. The van der Waals surface area contributed by atoms with E-state index in [9.17, 15) is 4.79 Å². The molecular weight excluding hydrogens is 494 g/mol. The first-order valence-corrected chi connectivity index (χ1v) is 13.0. The maximum Gasteiger partial charge on any atom is 0.291 e. The Hall–Kier alpha value is -4.57. The molecular formula is C29H29N7O3. The van der Waals surface area contributed by atoms with Gasteiger partial charge in [0.15, 0.2) is 0 Å². The summed E-state index contributed by atoms with van der Waals surface area (Å²) in [5.41, 5.74) is 10.3. The van der Waals surface area contributed by atoms with E-state index >= 15 is 0 Å². The van der Waals surface area contributed by atoms with Gasteiger partial charge in [-0.25, -0.2) is 9.98 Å². The van der Waals surface area contributed by atoms with Gasteiger partial charge in [-0.1, -0.05) is 48.5 Å². The quantitative estimate of drug-likeness (QED) is 0.355. The SMILES string of the molecule is Cc1ccc(C(=N)OC(N)=N[C@H]2N=C(c3ccccc3)c3ccccc3NC2=O)c(N2CC3CCC(C2)O3)n1. The third-order valence-electron chi connectivity index (χ3n) is 7.03. The van der Waals surface area contributed by atoms with Gasteiger partial charge in [0.2, 0.25) is 12.1 Å². The molecule has 0 spiro atoms. The van der Waals surface area contributed by atoms with Crippen molar-refractivity contribution in [1.82, 2.24) is 4.98 Å². The fourth-order valence-electron chi connectivity index (χ4n) is 5.22. The minimum atomic E-state index is -1.20. The van der Waals surface area contributed by atoms with Crippen molar-refractivity contribution >= 4 is 35.0 Å². The van der Waals surface area contributed by atoms with Crippen LogP contribution in [0.4, 0.5) is 11.5 Å². The van der Waals surface area contributed by atoms with Crippen LogP contribution in [-0.2, 0) is 14.3 Å². The zero-order valence-electron chi connectivity index (χ0n) is 21.5. The smallest absolute Gasteiger partial charge is 0.291 e. The normalized spacial score (nSPS) is 22.4. The van der Waals surface area contributed by atoms with Crippen molar-refractivity contribution in [3.05, 3.63) is 89.1 Å². The van der Waals surface area contributed by atoms with E-state index in [1.807, 2.05) is 67.6 Å². The van der Waals surface area contributed by atoms with E-state index in [4.69, 9.17) is 25.6 Å². The van der Waals surface area contributed by atoms with E-state index in [1.54, 1.807) is 6.07 Å². The Balaban J connectivity index is 1.28. The van der Waals surface area contributed by atoms with Crippen molar-refractivity contribution in [2.45, 2.75) is 38.1 Å². The first kappa shape index (κ1) is 24.7. The van der Waals surface area contributed by atoms with Gasteiger partial charge in [-0.15, -0.1) is 0 Å². The highest BCUT2D eigenvalue weighted by molar-refractivity contribution is 6.19. The fourth-order valence-corrected chi connectivity index (χ4v) is 5.22. The lowest BCUT2D eigenvalue weighted by atomic mass is 10.0. The number of aryl methyl sites for hydroxylation is 1. The van der Waals surface area contributed by atoms with Gasteiger partial charge >= 0.3 is 0 Å². The highest BCUT2D eigenvalue weighted by Crippen LogP contribution is 2.31. The molecule has 4 heterocycles. The Morgan fingerprint density at radius 1 is 1.08 bits per heavy atom. The molecule has 0 radical (unpaired) electrons. The maximum absolute atomic E-state index is 13.1. The number of para-hydroxylation sites is 1. The molecule has 2 bridgehead atoms. The van der Waals surface area contributed by atoms with Crippen LogP contribution in [0.1, 0.15) is 35.2 Å². The Morgan fingerprint density at radius 3 is 2.56 bits per heavy atom. The Kier molecular flexibility index (Phi) is 6.54. The predicted molar refractivity (Wildman–Crippen MR) is 150 cm³/mol. The van der Waals surface area contributed by atoms with Crippen molar-refractivity contribution in [1.29, 1.82) is 5.41 Å². The number of pyridine rings is 1. The number of ether oxygens (including phenoxy) is 2. The number of carbonyl (C=O) groups excluding carboxylic acids is 1. The van der Waals surface area contributed by atoms with Gasteiger partial charge in [0.25, 0.3) is 11.9 Å². The van der Waals surface area contributed by atoms with E-state index in [2.05, 4.69) is 20.2 Å². The average molecular weight is 524 g/mol. The number of nitrogens with two attached hydrogens (primary N) is 1. The van der Waals surface area contributed by atoms with Crippen LogP contribution in [0.15, 0.2) is 76.7 Å². The van der Waals surface area contributed by atoms with Crippen LogP contribution in [0.3, 0.4) is 0 Å². The van der Waals surface area contributed by atoms with Crippen LogP contribution >= 0.6 is 0 Å². The van der Waals surface area contributed by atoms with Gasteiger partial charge in [-0.3, -0.25) is 10.2 Å². The second kappa shape index (κ2) is 10.3. The van der Waals surface area contributed by atoms with Crippen LogP contribution < -0.4 is 16.0 Å². The molecule has 3 aliphatic heterocycles. The summed E-state index contributed by atoms with van der Waals surface area (Å²) in [7, 11) is 0. The molecule has 2 aromatic carbocycles.